The molecule has 0 fully saturated rings. The van der Waals surface area contributed by atoms with Crippen molar-refractivity contribution in [2.24, 2.45) is 0 Å². The minimum absolute atomic E-state index is 1.22. The summed E-state index contributed by atoms with van der Waals surface area (Å²) in [5.74, 6) is 0. The van der Waals surface area contributed by atoms with Crippen molar-refractivity contribution in [3.05, 3.63) is 127 Å². The van der Waals surface area contributed by atoms with Crippen LogP contribution in [0.1, 0.15) is 0 Å². The zero-order chi connectivity index (χ0) is 22.9. The Morgan fingerprint density at radius 2 is 0.943 bits per heavy atom. The van der Waals surface area contributed by atoms with Crippen LogP contribution in [0.2, 0.25) is 0 Å². The summed E-state index contributed by atoms with van der Waals surface area (Å²) in [4.78, 5) is 0. The number of para-hydroxylation sites is 1. The van der Waals surface area contributed by atoms with Crippen LogP contribution < -0.4 is 0 Å². The Hall–Kier alpha value is -4.62. The first-order valence-electron chi connectivity index (χ1n) is 12.1. The highest BCUT2D eigenvalue weighted by Crippen LogP contribution is 2.44. The van der Waals surface area contributed by atoms with E-state index in [-0.39, 0.29) is 0 Å². The van der Waals surface area contributed by atoms with E-state index in [0.29, 0.717) is 0 Å². The lowest BCUT2D eigenvalue weighted by Gasteiger charge is -2.15. The van der Waals surface area contributed by atoms with Gasteiger partial charge in [-0.2, -0.15) is 0 Å². The monoisotopic (exact) mass is 443 g/mol. The molecule has 0 aliphatic carbocycles. The zero-order valence-electron chi connectivity index (χ0n) is 19.1. The number of benzene rings is 7. The molecule has 1 heteroatoms. The summed E-state index contributed by atoms with van der Waals surface area (Å²) >= 11 is 0. The second-order valence-corrected chi connectivity index (χ2v) is 9.33. The molecule has 0 aliphatic heterocycles. The lowest BCUT2D eigenvalue weighted by atomic mass is 9.93. The largest absolute Gasteiger partial charge is 0.308 e. The van der Waals surface area contributed by atoms with Crippen LogP contribution in [0.3, 0.4) is 0 Å². The molecule has 0 saturated carbocycles. The van der Waals surface area contributed by atoms with Crippen LogP contribution in [0.4, 0.5) is 0 Å². The molecular formula is C34H21N. The molecule has 8 rings (SSSR count). The van der Waals surface area contributed by atoms with E-state index in [2.05, 4.69) is 132 Å². The van der Waals surface area contributed by atoms with E-state index >= 15 is 0 Å². The fourth-order valence-corrected chi connectivity index (χ4v) is 6.10. The van der Waals surface area contributed by atoms with Gasteiger partial charge in [-0.25, -0.2) is 0 Å². The molecule has 0 N–H and O–H groups in total. The van der Waals surface area contributed by atoms with Gasteiger partial charge in [0.15, 0.2) is 0 Å². The highest BCUT2D eigenvalue weighted by atomic mass is 15.0. The number of nitrogens with zero attached hydrogens (tertiary/aromatic N) is 1. The van der Waals surface area contributed by atoms with Crippen molar-refractivity contribution in [3.8, 4) is 5.69 Å². The SMILES string of the molecule is c1ccc2c(-n3c4ccccc4c4c5ccc6ccccc6c5c5ccccc5c43)cccc2c1. The van der Waals surface area contributed by atoms with Crippen LogP contribution in [0, 0.1) is 0 Å². The molecule has 1 nitrogen and oxygen atoms in total. The van der Waals surface area contributed by atoms with Gasteiger partial charge in [0.2, 0.25) is 0 Å². The normalized spacial score (nSPS) is 12.0. The number of hydrogen-bond acceptors (Lipinski definition) is 0. The van der Waals surface area contributed by atoms with Crippen LogP contribution in [0.15, 0.2) is 127 Å². The van der Waals surface area contributed by atoms with Gasteiger partial charge >= 0.3 is 0 Å². The van der Waals surface area contributed by atoms with E-state index in [0.717, 1.165) is 0 Å². The maximum Gasteiger partial charge on any atom is 0.0626 e. The van der Waals surface area contributed by atoms with Crippen molar-refractivity contribution in [1.82, 2.24) is 4.57 Å². The molecule has 0 aliphatic rings. The fraction of sp³-hybridized carbons (Fsp3) is 0. The molecule has 0 atom stereocenters. The first kappa shape index (κ1) is 18.8. The van der Waals surface area contributed by atoms with E-state index in [1.165, 1.54) is 70.6 Å². The second kappa shape index (κ2) is 6.94. The molecule has 8 aromatic rings. The topological polar surface area (TPSA) is 4.93 Å². The van der Waals surface area contributed by atoms with E-state index in [1.54, 1.807) is 0 Å². The second-order valence-electron chi connectivity index (χ2n) is 9.33. The third kappa shape index (κ3) is 2.47. The van der Waals surface area contributed by atoms with Gasteiger partial charge in [-0.15, -0.1) is 0 Å². The van der Waals surface area contributed by atoms with E-state index in [1.807, 2.05) is 0 Å². The van der Waals surface area contributed by atoms with Crippen molar-refractivity contribution >= 4 is 64.9 Å². The minimum atomic E-state index is 1.22. The quantitative estimate of drug-likeness (QED) is 0.223. The Bertz CT molecular complexity index is 2100. The van der Waals surface area contributed by atoms with Gasteiger partial charge in [0.1, 0.15) is 0 Å². The molecule has 1 heterocycles. The summed E-state index contributed by atoms with van der Waals surface area (Å²) in [5.41, 5.74) is 3.74. The fourth-order valence-electron chi connectivity index (χ4n) is 6.10. The molecule has 0 radical (unpaired) electrons. The van der Waals surface area contributed by atoms with Crippen molar-refractivity contribution < 1.29 is 0 Å². The van der Waals surface area contributed by atoms with E-state index in [9.17, 15) is 0 Å². The van der Waals surface area contributed by atoms with Crippen LogP contribution in [-0.2, 0) is 0 Å². The van der Waals surface area contributed by atoms with Gasteiger partial charge in [0.05, 0.1) is 16.7 Å². The molecule has 0 spiro atoms. The van der Waals surface area contributed by atoms with Crippen LogP contribution >= 0.6 is 0 Å². The maximum absolute atomic E-state index is 2.49. The molecule has 1 aromatic heterocycles. The zero-order valence-corrected chi connectivity index (χ0v) is 19.1. The smallest absolute Gasteiger partial charge is 0.0626 e. The third-order valence-electron chi connectivity index (χ3n) is 7.53. The molecule has 0 unspecified atom stereocenters. The highest BCUT2D eigenvalue weighted by molar-refractivity contribution is 6.36. The number of fused-ring (bicyclic) bond motifs is 11. The molecule has 35 heavy (non-hydrogen) atoms. The summed E-state index contributed by atoms with van der Waals surface area (Å²) < 4.78 is 2.49. The Morgan fingerprint density at radius 3 is 1.77 bits per heavy atom. The standard InChI is InChI=1S/C34H21N/c1-3-13-24-22(10-1)12-9-19-30(24)35-31-18-8-7-17-28(31)33-29-21-20-23-11-2-4-14-25(23)32(29)26-15-5-6-16-27(26)34(33)35/h1-21H. The molecule has 0 bridgehead atoms. The number of rotatable bonds is 1. The lowest BCUT2D eigenvalue weighted by Crippen LogP contribution is -1.96. The molecule has 7 aromatic carbocycles. The Balaban J connectivity index is 1.72. The van der Waals surface area contributed by atoms with Gasteiger partial charge in [-0.1, -0.05) is 115 Å². The van der Waals surface area contributed by atoms with Gasteiger partial charge in [-0.3, -0.25) is 0 Å². The van der Waals surface area contributed by atoms with Crippen molar-refractivity contribution in [2.75, 3.05) is 0 Å². The van der Waals surface area contributed by atoms with Crippen LogP contribution in [-0.4, -0.2) is 4.57 Å². The predicted octanol–water partition coefficient (Wildman–Crippen LogP) is 9.40. The van der Waals surface area contributed by atoms with Gasteiger partial charge in [0, 0.05) is 21.5 Å². The Kier molecular flexibility index (Phi) is 3.72. The Labute approximate surface area is 202 Å². The van der Waals surface area contributed by atoms with Crippen molar-refractivity contribution in [2.45, 2.75) is 0 Å². The maximum atomic E-state index is 2.49. The summed E-state index contributed by atoms with van der Waals surface area (Å²) in [6, 6.07) is 46.5. The molecule has 0 saturated heterocycles. The minimum Gasteiger partial charge on any atom is -0.308 e. The predicted molar refractivity (Wildman–Crippen MR) is 151 cm³/mol. The van der Waals surface area contributed by atoms with Crippen LogP contribution in [0.25, 0.3) is 70.6 Å². The van der Waals surface area contributed by atoms with E-state index in [4.69, 9.17) is 0 Å². The summed E-state index contributed by atoms with van der Waals surface area (Å²) in [7, 11) is 0. The lowest BCUT2D eigenvalue weighted by molar-refractivity contribution is 1.20. The third-order valence-corrected chi connectivity index (χ3v) is 7.53. The molecule has 0 amide bonds. The number of hydrogen-bond donors (Lipinski definition) is 0. The summed E-state index contributed by atoms with van der Waals surface area (Å²) in [5, 5.41) is 13.0. The summed E-state index contributed by atoms with van der Waals surface area (Å²) in [6.45, 7) is 0. The Morgan fingerprint density at radius 1 is 0.343 bits per heavy atom. The van der Waals surface area contributed by atoms with E-state index < -0.39 is 0 Å². The van der Waals surface area contributed by atoms with Crippen molar-refractivity contribution in [3.63, 3.8) is 0 Å². The average Bonchev–Trinajstić information content (AvgIpc) is 3.28. The van der Waals surface area contributed by atoms with Crippen LogP contribution in [0.5, 0.6) is 0 Å². The highest BCUT2D eigenvalue weighted by Gasteiger charge is 2.20. The van der Waals surface area contributed by atoms with Crippen molar-refractivity contribution in [1.29, 1.82) is 0 Å². The molecule has 162 valence electrons. The average molecular weight is 444 g/mol. The first-order valence-corrected chi connectivity index (χ1v) is 12.1. The van der Waals surface area contributed by atoms with Gasteiger partial charge in [-0.05, 0) is 44.5 Å². The summed E-state index contributed by atoms with van der Waals surface area (Å²) in [6.07, 6.45) is 0. The first-order chi connectivity index (χ1) is 17.4. The molecular weight excluding hydrogens is 422 g/mol. The number of aromatic nitrogens is 1. The van der Waals surface area contributed by atoms with Gasteiger partial charge < -0.3 is 4.57 Å². The van der Waals surface area contributed by atoms with Gasteiger partial charge in [0.25, 0.3) is 0 Å².